The van der Waals surface area contributed by atoms with E-state index in [0.29, 0.717) is 36.2 Å². The maximum atomic E-state index is 5.76. The van der Waals surface area contributed by atoms with Gasteiger partial charge in [-0.05, 0) is 4.98 Å². The van der Waals surface area contributed by atoms with E-state index in [1.807, 2.05) is 0 Å². The average molecular weight is 240 g/mol. The number of ether oxygens (including phenoxy) is 3. The molecule has 0 aliphatic heterocycles. The summed E-state index contributed by atoms with van der Waals surface area (Å²) in [5, 5.41) is 0. The Labute approximate surface area is 97.1 Å². The summed E-state index contributed by atoms with van der Waals surface area (Å²) in [6, 6.07) is 0.653. The van der Waals surface area contributed by atoms with Crippen LogP contribution in [0.4, 0.5) is 5.82 Å². The van der Waals surface area contributed by atoms with E-state index < -0.39 is 0 Å². The molecule has 8 nitrogen and oxygen atoms in total. The van der Waals surface area contributed by atoms with Gasteiger partial charge < -0.3 is 19.9 Å². The minimum Gasteiger partial charge on any atom is -0.449 e. The van der Waals surface area contributed by atoms with Crippen molar-refractivity contribution < 1.29 is 19.2 Å². The van der Waals surface area contributed by atoms with Crippen molar-refractivity contribution in [2.24, 2.45) is 0 Å². The van der Waals surface area contributed by atoms with Gasteiger partial charge in [0.15, 0.2) is 5.82 Å². The maximum absolute atomic E-state index is 5.76. The number of nitrogen functional groups attached to an aromatic ring is 1. The number of methoxy groups -OCH3 is 2. The summed E-state index contributed by atoms with van der Waals surface area (Å²) < 4.78 is 15.1. The Kier molecular flexibility index (Phi) is 3.24. The van der Waals surface area contributed by atoms with Crippen LogP contribution in [0.1, 0.15) is 0 Å². The molecule has 0 aliphatic carbocycles. The maximum Gasteiger partial charge on any atom is 0.397 e. The first-order chi connectivity index (χ1) is 8.24. The van der Waals surface area contributed by atoms with Gasteiger partial charge in [0.2, 0.25) is 5.52 Å². The van der Waals surface area contributed by atoms with Gasteiger partial charge in [-0.3, -0.25) is 0 Å². The molecular formula is C9H14N5O3+. The van der Waals surface area contributed by atoms with Crippen LogP contribution in [0.5, 0.6) is 12.0 Å². The topological polar surface area (TPSA) is 109 Å². The monoisotopic (exact) mass is 240 g/mol. The minimum atomic E-state index is 0.199. The molecular weight excluding hydrogens is 226 g/mol. The Morgan fingerprint density at radius 1 is 1.29 bits per heavy atom. The van der Waals surface area contributed by atoms with Crippen LogP contribution in [0, 0.1) is 0 Å². The number of hydrogen-bond donors (Lipinski definition) is 2. The standard InChI is InChI=1S/C9H13N5O3/c1-15-3-4-17-9-12-6(10)5-7(14-9)13-8(11-5)16-2/h3-4H2,1-2H3,(H3,10,11,12,13,14)/p+1. The van der Waals surface area contributed by atoms with Crippen molar-refractivity contribution in [3.8, 4) is 12.0 Å². The first kappa shape index (κ1) is 11.4. The first-order valence-electron chi connectivity index (χ1n) is 4.99. The molecule has 2 aromatic heterocycles. The van der Waals surface area contributed by atoms with Crippen LogP contribution >= 0.6 is 0 Å². The van der Waals surface area contributed by atoms with E-state index in [2.05, 4.69) is 19.9 Å². The van der Waals surface area contributed by atoms with Crippen molar-refractivity contribution in [2.45, 2.75) is 0 Å². The van der Waals surface area contributed by atoms with Crippen LogP contribution < -0.4 is 20.2 Å². The van der Waals surface area contributed by atoms with Crippen LogP contribution in [-0.2, 0) is 4.74 Å². The summed E-state index contributed by atoms with van der Waals surface area (Å²) in [4.78, 5) is 13.9. The second kappa shape index (κ2) is 4.83. The van der Waals surface area contributed by atoms with Crippen molar-refractivity contribution >= 4 is 17.0 Å². The molecule has 0 aromatic carbocycles. The second-order valence-electron chi connectivity index (χ2n) is 3.24. The third-order valence-corrected chi connectivity index (χ3v) is 2.11. The summed E-state index contributed by atoms with van der Waals surface area (Å²) in [6.45, 7) is 0.824. The third kappa shape index (κ3) is 2.36. The lowest BCUT2D eigenvalue weighted by atomic mass is 10.5. The van der Waals surface area contributed by atoms with E-state index in [-0.39, 0.29) is 6.01 Å². The summed E-state index contributed by atoms with van der Waals surface area (Å²) in [6.07, 6.45) is 0. The highest BCUT2D eigenvalue weighted by Gasteiger charge is 2.18. The number of aromatic amines is 2. The molecule has 0 aliphatic rings. The van der Waals surface area contributed by atoms with Crippen LogP contribution in [0.15, 0.2) is 0 Å². The average Bonchev–Trinajstić information content (AvgIpc) is 2.73. The molecule has 2 aromatic rings. The van der Waals surface area contributed by atoms with E-state index in [1.165, 1.54) is 7.11 Å². The molecule has 0 atom stereocenters. The molecule has 8 heteroatoms. The predicted molar refractivity (Wildman–Crippen MR) is 58.8 cm³/mol. The second-order valence-corrected chi connectivity index (χ2v) is 3.24. The fourth-order valence-electron chi connectivity index (χ4n) is 1.31. The molecule has 0 bridgehead atoms. The Bertz CT molecular complexity index is 513. The molecule has 2 rings (SSSR count). The Morgan fingerprint density at radius 3 is 2.82 bits per heavy atom. The Hall–Kier alpha value is -2.09. The highest BCUT2D eigenvalue weighted by molar-refractivity contribution is 5.79. The molecule has 2 heterocycles. The Morgan fingerprint density at radius 2 is 2.12 bits per heavy atom. The van der Waals surface area contributed by atoms with Crippen molar-refractivity contribution in [1.82, 2.24) is 15.0 Å². The number of hydrogen-bond acceptors (Lipinski definition) is 6. The molecule has 0 unspecified atom stereocenters. The smallest absolute Gasteiger partial charge is 0.397 e. The highest BCUT2D eigenvalue weighted by atomic mass is 16.5. The fourth-order valence-corrected chi connectivity index (χ4v) is 1.31. The van der Waals surface area contributed by atoms with Gasteiger partial charge in [-0.25, -0.2) is 9.97 Å². The van der Waals surface area contributed by atoms with Crippen molar-refractivity contribution in [3.63, 3.8) is 0 Å². The highest BCUT2D eigenvalue weighted by Crippen LogP contribution is 2.17. The molecule has 17 heavy (non-hydrogen) atoms. The Balaban J connectivity index is 2.27. The third-order valence-electron chi connectivity index (χ3n) is 2.11. The number of imidazole rings is 1. The zero-order valence-electron chi connectivity index (χ0n) is 9.61. The number of aromatic nitrogens is 4. The van der Waals surface area contributed by atoms with Crippen LogP contribution in [0.25, 0.3) is 11.2 Å². The van der Waals surface area contributed by atoms with Gasteiger partial charge in [-0.15, -0.1) is 0 Å². The number of anilines is 1. The lowest BCUT2D eigenvalue weighted by Gasteiger charge is -2.00. The summed E-state index contributed by atoms with van der Waals surface area (Å²) in [7, 11) is 3.12. The molecule has 92 valence electrons. The molecule has 0 saturated carbocycles. The zero-order valence-corrected chi connectivity index (χ0v) is 9.61. The van der Waals surface area contributed by atoms with Gasteiger partial charge in [0, 0.05) is 7.11 Å². The molecule has 0 saturated heterocycles. The van der Waals surface area contributed by atoms with Crippen molar-refractivity contribution in [1.29, 1.82) is 0 Å². The van der Waals surface area contributed by atoms with E-state index in [0.717, 1.165) is 0 Å². The number of rotatable bonds is 5. The van der Waals surface area contributed by atoms with Gasteiger partial charge >= 0.3 is 17.7 Å². The molecule has 4 N–H and O–H groups in total. The normalized spacial score (nSPS) is 10.7. The predicted octanol–water partition coefficient (Wildman–Crippen LogP) is -0.612. The van der Waals surface area contributed by atoms with E-state index >= 15 is 0 Å². The summed E-state index contributed by atoms with van der Waals surface area (Å²) >= 11 is 0. The fraction of sp³-hybridized carbons (Fsp3) is 0.444. The van der Waals surface area contributed by atoms with Crippen LogP contribution in [0.2, 0.25) is 0 Å². The number of nitrogens with zero attached hydrogens (tertiary/aromatic N) is 2. The largest absolute Gasteiger partial charge is 0.449 e. The lowest BCUT2D eigenvalue weighted by Crippen LogP contribution is -2.10. The van der Waals surface area contributed by atoms with Crippen LogP contribution in [-0.4, -0.2) is 42.4 Å². The van der Waals surface area contributed by atoms with Gasteiger partial charge in [-0.1, -0.05) is 0 Å². The van der Waals surface area contributed by atoms with E-state index in [9.17, 15) is 0 Å². The molecule has 0 amide bonds. The number of nitrogens with one attached hydrogen (secondary N) is 2. The van der Waals surface area contributed by atoms with Gasteiger partial charge in [0.05, 0.1) is 13.7 Å². The van der Waals surface area contributed by atoms with E-state index in [1.54, 1.807) is 7.11 Å². The zero-order chi connectivity index (χ0) is 12.3. The summed E-state index contributed by atoms with van der Waals surface area (Å²) in [5.74, 6) is 0.293. The first-order valence-corrected chi connectivity index (χ1v) is 4.99. The SMILES string of the molecule is COCCOc1nc(N)c2[nH]c(OC)[nH+]c2n1. The molecule has 0 spiro atoms. The van der Waals surface area contributed by atoms with Gasteiger partial charge in [0.25, 0.3) is 0 Å². The van der Waals surface area contributed by atoms with Crippen molar-refractivity contribution in [2.75, 3.05) is 33.2 Å². The summed E-state index contributed by atoms with van der Waals surface area (Å²) in [5.41, 5.74) is 6.87. The number of nitrogens with two attached hydrogens (primary N) is 1. The van der Waals surface area contributed by atoms with Gasteiger partial charge in [-0.2, -0.15) is 4.98 Å². The van der Waals surface area contributed by atoms with Crippen LogP contribution in [0.3, 0.4) is 0 Å². The quantitative estimate of drug-likeness (QED) is 0.674. The molecule has 0 radical (unpaired) electrons. The number of fused-ring (bicyclic) bond motifs is 1. The molecule has 0 fully saturated rings. The van der Waals surface area contributed by atoms with Gasteiger partial charge in [0.1, 0.15) is 6.61 Å². The number of H-pyrrole nitrogens is 2. The lowest BCUT2D eigenvalue weighted by molar-refractivity contribution is -0.364. The van der Waals surface area contributed by atoms with Crippen molar-refractivity contribution in [3.05, 3.63) is 0 Å². The van der Waals surface area contributed by atoms with E-state index in [4.69, 9.17) is 19.9 Å². The minimum absolute atomic E-state index is 0.199.